The highest BCUT2D eigenvalue weighted by Gasteiger charge is 2.40. The average molecular weight is 465 g/mol. The van der Waals surface area contributed by atoms with Crippen molar-refractivity contribution in [1.29, 1.82) is 0 Å². The summed E-state index contributed by atoms with van der Waals surface area (Å²) in [5, 5.41) is 0. The molecule has 0 fully saturated rings. The van der Waals surface area contributed by atoms with Gasteiger partial charge in [-0.2, -0.15) is 0 Å². The lowest BCUT2D eigenvalue weighted by Crippen LogP contribution is -2.17. The highest BCUT2D eigenvalue weighted by atomic mass is 32.9. The van der Waals surface area contributed by atoms with Gasteiger partial charge in [0.25, 0.3) is 0 Å². The van der Waals surface area contributed by atoms with Gasteiger partial charge in [-0.05, 0) is 48.5 Å². The molecule has 0 aliphatic carbocycles. The fourth-order valence-electron chi connectivity index (χ4n) is 2.66. The van der Waals surface area contributed by atoms with Crippen LogP contribution in [0.2, 0.25) is 0 Å². The molecule has 0 N–H and O–H groups in total. The van der Waals surface area contributed by atoms with Crippen LogP contribution in [0.15, 0.2) is 141 Å². The third-order valence-electron chi connectivity index (χ3n) is 3.94. The molecule has 0 aliphatic heterocycles. The maximum Gasteiger partial charge on any atom is 0.319 e. The van der Waals surface area contributed by atoms with Gasteiger partial charge in [-0.15, -0.1) is 44.8 Å². The van der Waals surface area contributed by atoms with E-state index >= 15 is 0 Å². The lowest BCUT2D eigenvalue weighted by molar-refractivity contribution is 1.47. The van der Waals surface area contributed by atoms with E-state index in [0.717, 1.165) is 0 Å². The Kier molecular flexibility index (Phi) is 7.52. The Hall–Kier alpha value is -1.50. The Morgan fingerprint density at radius 2 is 0.517 bits per heavy atom. The molecule has 0 atom stereocenters. The van der Waals surface area contributed by atoms with Gasteiger partial charge in [0.1, 0.15) is 0 Å². The van der Waals surface area contributed by atoms with Crippen molar-refractivity contribution in [2.24, 2.45) is 0 Å². The lowest BCUT2D eigenvalue weighted by Gasteiger charge is -2.29. The number of benzene rings is 4. The Bertz CT molecular complexity index is 824. The van der Waals surface area contributed by atoms with Crippen LogP contribution in [0.1, 0.15) is 0 Å². The van der Waals surface area contributed by atoms with Gasteiger partial charge >= 0.3 is 4.67 Å². The summed E-state index contributed by atoms with van der Waals surface area (Å²) < 4.78 is -2.09. The van der Waals surface area contributed by atoms with Crippen molar-refractivity contribution in [3.63, 3.8) is 0 Å². The third-order valence-corrected chi connectivity index (χ3v) is 21.8. The maximum atomic E-state index is 2.23. The fraction of sp³-hybridized carbons (Fsp3) is 0. The minimum Gasteiger partial charge on any atom is -0.115 e. The van der Waals surface area contributed by atoms with Crippen LogP contribution in [0.3, 0.4) is 0 Å². The molecule has 0 amide bonds. The molecule has 4 rings (SSSR count). The summed E-state index contributed by atoms with van der Waals surface area (Å²) in [6, 6.07) is 43.3. The molecule has 0 aromatic heterocycles. The predicted octanol–water partition coefficient (Wildman–Crippen LogP) is 8.59. The van der Waals surface area contributed by atoms with E-state index in [1.165, 1.54) is 19.6 Å². The monoisotopic (exact) mass is 464 g/mol. The third kappa shape index (κ3) is 6.24. The van der Waals surface area contributed by atoms with Crippen molar-refractivity contribution in [1.82, 2.24) is 0 Å². The first kappa shape index (κ1) is 20.8. The van der Waals surface area contributed by atoms with Gasteiger partial charge in [0.05, 0.1) is 0 Å². The zero-order valence-electron chi connectivity index (χ0n) is 15.7. The molecule has 0 aliphatic rings. The summed E-state index contributed by atoms with van der Waals surface area (Å²) in [7, 11) is 0. The summed E-state index contributed by atoms with van der Waals surface area (Å²) in [6.07, 6.45) is 0. The van der Waals surface area contributed by atoms with E-state index in [-0.39, 0.29) is 0 Å². The van der Waals surface area contributed by atoms with Gasteiger partial charge in [0.2, 0.25) is 0 Å². The zero-order valence-corrected chi connectivity index (χ0v) is 19.9. The van der Waals surface area contributed by atoms with Crippen LogP contribution >= 0.6 is 44.8 Å². The summed E-state index contributed by atoms with van der Waals surface area (Å²) in [6.45, 7) is 0. The van der Waals surface area contributed by atoms with E-state index < -0.39 is 4.67 Å². The molecule has 4 aromatic carbocycles. The largest absolute Gasteiger partial charge is 0.319 e. The quantitative estimate of drug-likeness (QED) is 0.239. The van der Waals surface area contributed by atoms with E-state index in [2.05, 4.69) is 121 Å². The van der Waals surface area contributed by atoms with Crippen molar-refractivity contribution in [3.05, 3.63) is 121 Å². The first-order valence-electron chi connectivity index (χ1n) is 9.28. The molecule has 0 heterocycles. The first-order chi connectivity index (χ1) is 14.3. The van der Waals surface area contributed by atoms with Crippen molar-refractivity contribution in [2.45, 2.75) is 19.6 Å². The van der Waals surface area contributed by atoms with Crippen LogP contribution in [0.25, 0.3) is 0 Å². The van der Waals surface area contributed by atoms with Crippen LogP contribution in [-0.2, 0) is 0 Å². The second-order valence-corrected chi connectivity index (χ2v) is 24.3. The highest BCUT2D eigenvalue weighted by molar-refractivity contribution is 8.99. The van der Waals surface area contributed by atoms with Gasteiger partial charge in [-0.1, -0.05) is 72.8 Å². The Labute approximate surface area is 189 Å². The van der Waals surface area contributed by atoms with Crippen LogP contribution in [-0.4, -0.2) is 4.67 Å². The standard InChI is InChI=1S/C24H20S4Si/c1-5-13-21(14-6-1)25-29(26-22-15-7-2-8-16-22,27-23-17-9-3-10-18-23)28-24-19-11-4-12-20-24/h1-20H. The second kappa shape index (κ2) is 10.5. The van der Waals surface area contributed by atoms with Crippen LogP contribution in [0.4, 0.5) is 0 Å². The van der Waals surface area contributed by atoms with E-state index in [0.29, 0.717) is 0 Å². The van der Waals surface area contributed by atoms with Gasteiger partial charge in [-0.25, -0.2) is 0 Å². The Morgan fingerprint density at radius 3 is 0.724 bits per heavy atom. The smallest absolute Gasteiger partial charge is 0.115 e. The van der Waals surface area contributed by atoms with Crippen LogP contribution < -0.4 is 0 Å². The second-order valence-electron chi connectivity index (χ2n) is 6.16. The molecule has 0 bridgehead atoms. The van der Waals surface area contributed by atoms with Crippen molar-refractivity contribution in [2.75, 3.05) is 0 Å². The van der Waals surface area contributed by atoms with Gasteiger partial charge in [-0.3, -0.25) is 0 Å². The molecule has 29 heavy (non-hydrogen) atoms. The molecule has 0 spiro atoms. The SMILES string of the molecule is c1ccc(S[Si](Sc2ccccc2)(Sc2ccccc2)Sc2ccccc2)cc1. The number of hydrogen-bond donors (Lipinski definition) is 0. The normalized spacial score (nSPS) is 11.3. The minimum atomic E-state index is -2.09. The molecule has 0 saturated carbocycles. The molecule has 4 aromatic rings. The average Bonchev–Trinajstić information content (AvgIpc) is 2.76. The molecule has 5 heteroatoms. The van der Waals surface area contributed by atoms with E-state index in [9.17, 15) is 0 Å². The van der Waals surface area contributed by atoms with Gasteiger partial charge < -0.3 is 0 Å². The van der Waals surface area contributed by atoms with Gasteiger partial charge in [0, 0.05) is 19.6 Å². The highest BCUT2D eigenvalue weighted by Crippen LogP contribution is 2.59. The fourth-order valence-corrected chi connectivity index (χ4v) is 23.7. The lowest BCUT2D eigenvalue weighted by atomic mass is 10.4. The maximum absolute atomic E-state index is 2.23. The van der Waals surface area contributed by atoms with E-state index in [1.807, 2.05) is 44.8 Å². The molecule has 144 valence electrons. The van der Waals surface area contributed by atoms with E-state index in [1.54, 1.807) is 0 Å². The molecule has 0 saturated heterocycles. The molecule has 0 unspecified atom stereocenters. The van der Waals surface area contributed by atoms with Gasteiger partial charge in [0.15, 0.2) is 0 Å². The predicted molar refractivity (Wildman–Crippen MR) is 135 cm³/mol. The summed E-state index contributed by atoms with van der Waals surface area (Å²) in [4.78, 5) is 5.31. The Morgan fingerprint density at radius 1 is 0.310 bits per heavy atom. The first-order valence-corrected chi connectivity index (χ1v) is 17.4. The molecule has 0 radical (unpaired) electrons. The van der Waals surface area contributed by atoms with Crippen molar-refractivity contribution >= 4 is 49.5 Å². The summed E-state index contributed by atoms with van der Waals surface area (Å²) in [5.74, 6) is 0. The van der Waals surface area contributed by atoms with Crippen LogP contribution in [0.5, 0.6) is 0 Å². The van der Waals surface area contributed by atoms with Crippen LogP contribution in [0, 0.1) is 0 Å². The van der Waals surface area contributed by atoms with E-state index in [4.69, 9.17) is 0 Å². The number of rotatable bonds is 8. The zero-order chi connectivity index (χ0) is 19.8. The number of hydrogen-bond acceptors (Lipinski definition) is 4. The van der Waals surface area contributed by atoms with Crippen molar-refractivity contribution < 1.29 is 0 Å². The molecular weight excluding hydrogens is 445 g/mol. The molecule has 0 nitrogen and oxygen atoms in total. The minimum absolute atomic E-state index is 1.33. The summed E-state index contributed by atoms with van der Waals surface area (Å²) in [5.41, 5.74) is 0. The summed E-state index contributed by atoms with van der Waals surface area (Å²) >= 11 is 8.19. The molecular formula is C24H20S4Si. The Balaban J connectivity index is 1.75. The van der Waals surface area contributed by atoms with Crippen molar-refractivity contribution in [3.8, 4) is 0 Å². The topological polar surface area (TPSA) is 0 Å².